The highest BCUT2D eigenvalue weighted by Crippen LogP contribution is 2.30. The lowest BCUT2D eigenvalue weighted by atomic mass is 10.1. The monoisotopic (exact) mass is 516 g/mol. The van der Waals surface area contributed by atoms with Crippen LogP contribution in [0.3, 0.4) is 0 Å². The van der Waals surface area contributed by atoms with Gasteiger partial charge in [-0.05, 0) is 40.1 Å². The van der Waals surface area contributed by atoms with Crippen LogP contribution in [0.4, 0.5) is 5.69 Å². The molecule has 1 unspecified atom stereocenters. The first kappa shape index (κ1) is 25.0. The number of hydrogen-bond acceptors (Lipinski definition) is 5. The molecule has 2 N–H and O–H groups in total. The zero-order valence-corrected chi connectivity index (χ0v) is 20.4. The number of guanidine groups is 1. The maximum absolute atomic E-state index is 5.58. The van der Waals surface area contributed by atoms with Crippen LogP contribution in [0.2, 0.25) is 0 Å². The number of rotatable bonds is 9. The lowest BCUT2D eigenvalue weighted by molar-refractivity contribution is 0.306. The van der Waals surface area contributed by atoms with Gasteiger partial charge >= 0.3 is 0 Å². The van der Waals surface area contributed by atoms with Crippen LogP contribution in [0.5, 0.6) is 11.5 Å². The number of likely N-dealkylation sites (N-methyl/N-ethyl adjacent to an activating group) is 1. The zero-order valence-electron chi connectivity index (χ0n) is 18.1. The van der Waals surface area contributed by atoms with E-state index in [1.54, 1.807) is 7.11 Å². The Morgan fingerprint density at radius 1 is 1.28 bits per heavy atom. The summed E-state index contributed by atoms with van der Waals surface area (Å²) in [5, 5.41) is 10.9. The van der Waals surface area contributed by atoms with E-state index in [0.717, 1.165) is 23.5 Å². The molecular weight excluding hydrogens is 483 g/mol. The van der Waals surface area contributed by atoms with Crippen molar-refractivity contribution in [2.75, 3.05) is 46.2 Å². The van der Waals surface area contributed by atoms with E-state index in [-0.39, 0.29) is 30.0 Å². The Labute approximate surface area is 190 Å². The lowest BCUT2D eigenvalue weighted by Gasteiger charge is -2.22. The van der Waals surface area contributed by atoms with Gasteiger partial charge in [-0.3, -0.25) is 9.67 Å². The molecule has 0 aliphatic carbocycles. The zero-order chi connectivity index (χ0) is 20.5. The Balaban J connectivity index is 0.00000420. The number of nitrogens with one attached hydrogen (secondary N) is 2. The van der Waals surface area contributed by atoms with Crippen molar-refractivity contribution in [3.05, 3.63) is 36.2 Å². The lowest BCUT2D eigenvalue weighted by Crippen LogP contribution is -2.32. The van der Waals surface area contributed by atoms with Gasteiger partial charge < -0.3 is 25.0 Å². The Morgan fingerprint density at radius 2 is 2.03 bits per heavy atom. The molecule has 29 heavy (non-hydrogen) atoms. The average molecular weight is 516 g/mol. The molecule has 1 aromatic heterocycles. The van der Waals surface area contributed by atoms with Crippen LogP contribution in [-0.4, -0.2) is 61.5 Å². The molecule has 0 fully saturated rings. The number of benzene rings is 1. The van der Waals surface area contributed by atoms with Crippen molar-refractivity contribution in [1.82, 2.24) is 20.0 Å². The highest BCUT2D eigenvalue weighted by molar-refractivity contribution is 14.0. The normalized spacial score (nSPS) is 12.3. The molecule has 0 bridgehead atoms. The molecule has 1 aromatic carbocycles. The highest BCUT2D eigenvalue weighted by Gasteiger charge is 2.16. The van der Waals surface area contributed by atoms with Gasteiger partial charge in [-0.25, -0.2) is 0 Å². The van der Waals surface area contributed by atoms with Crippen LogP contribution in [-0.2, 0) is 7.05 Å². The summed E-state index contributed by atoms with van der Waals surface area (Å²) >= 11 is 0. The van der Waals surface area contributed by atoms with Gasteiger partial charge in [0.1, 0.15) is 0 Å². The first-order valence-electron chi connectivity index (χ1n) is 9.49. The summed E-state index contributed by atoms with van der Waals surface area (Å²) in [6.07, 6.45) is 3.91. The second-order valence-corrected chi connectivity index (χ2v) is 6.57. The Hall–Kier alpha value is -2.01. The van der Waals surface area contributed by atoms with Crippen LogP contribution in [0.15, 0.2) is 35.6 Å². The number of nitrogens with zero attached hydrogens (tertiary/aromatic N) is 4. The molecule has 1 heterocycles. The minimum absolute atomic E-state index is 0. The minimum Gasteiger partial charge on any atom is -0.493 e. The summed E-state index contributed by atoms with van der Waals surface area (Å²) in [6, 6.07) is 5.89. The van der Waals surface area contributed by atoms with E-state index in [1.165, 1.54) is 0 Å². The third kappa shape index (κ3) is 7.39. The summed E-state index contributed by atoms with van der Waals surface area (Å²) in [5.74, 6) is 2.12. The van der Waals surface area contributed by atoms with Crippen LogP contribution < -0.4 is 20.1 Å². The van der Waals surface area contributed by atoms with Gasteiger partial charge in [-0.1, -0.05) is 0 Å². The number of halogens is 1. The summed E-state index contributed by atoms with van der Waals surface area (Å²) < 4.78 is 12.8. The summed E-state index contributed by atoms with van der Waals surface area (Å²) in [4.78, 5) is 6.92. The molecule has 0 saturated heterocycles. The van der Waals surface area contributed by atoms with E-state index >= 15 is 0 Å². The van der Waals surface area contributed by atoms with Gasteiger partial charge in [0.05, 0.1) is 32.5 Å². The Kier molecular flexibility index (Phi) is 10.8. The van der Waals surface area contributed by atoms with Crippen molar-refractivity contribution in [2.45, 2.75) is 19.9 Å². The van der Waals surface area contributed by atoms with E-state index in [1.807, 2.05) is 70.3 Å². The van der Waals surface area contributed by atoms with Crippen LogP contribution in [0, 0.1) is 0 Å². The van der Waals surface area contributed by atoms with Crippen molar-refractivity contribution >= 4 is 35.6 Å². The molecule has 0 saturated carbocycles. The topological polar surface area (TPSA) is 75.9 Å². The molecule has 1 atom stereocenters. The van der Waals surface area contributed by atoms with Gasteiger partial charge in [-0.2, -0.15) is 5.10 Å². The molecule has 2 rings (SSSR count). The smallest absolute Gasteiger partial charge is 0.195 e. The van der Waals surface area contributed by atoms with Crippen molar-refractivity contribution in [1.29, 1.82) is 0 Å². The first-order chi connectivity index (χ1) is 13.5. The number of aliphatic imine (C=N–C) groups is 1. The van der Waals surface area contributed by atoms with Crippen molar-refractivity contribution in [3.8, 4) is 11.5 Å². The molecule has 0 aliphatic rings. The molecular formula is C20H33IN6O2. The average Bonchev–Trinajstić information content (AvgIpc) is 3.09. The summed E-state index contributed by atoms with van der Waals surface area (Å²) in [5.41, 5.74) is 2.01. The van der Waals surface area contributed by atoms with Crippen molar-refractivity contribution < 1.29 is 9.47 Å². The molecule has 2 aromatic rings. The molecule has 0 radical (unpaired) electrons. The second-order valence-electron chi connectivity index (χ2n) is 6.57. The van der Waals surface area contributed by atoms with Crippen LogP contribution in [0.1, 0.15) is 25.5 Å². The third-order valence-electron chi connectivity index (χ3n) is 4.23. The van der Waals surface area contributed by atoms with Crippen molar-refractivity contribution in [3.63, 3.8) is 0 Å². The summed E-state index contributed by atoms with van der Waals surface area (Å²) in [7, 11) is 7.65. The summed E-state index contributed by atoms with van der Waals surface area (Å²) in [6.45, 7) is 5.95. The predicted molar refractivity (Wildman–Crippen MR) is 129 cm³/mol. The molecule has 162 valence electrons. The maximum Gasteiger partial charge on any atom is 0.195 e. The third-order valence-corrected chi connectivity index (χ3v) is 4.23. The van der Waals surface area contributed by atoms with Gasteiger partial charge in [0, 0.05) is 37.1 Å². The number of methoxy groups -OCH3 is 1. The standard InChI is InChI=1S/C20H32N6O2.HI/c1-7-21-20(22-13-17(25(3)4)15-12-23-26(5)14-15)24-16-9-10-18(28-8-2)19(11-16)27-6;/h9-12,14,17H,7-8,13H2,1-6H3,(H2,21,22,24);1H. The Morgan fingerprint density at radius 3 is 2.59 bits per heavy atom. The molecule has 0 amide bonds. The van der Waals surface area contributed by atoms with Gasteiger partial charge in [0.15, 0.2) is 17.5 Å². The molecule has 9 heteroatoms. The number of anilines is 1. The maximum atomic E-state index is 5.58. The quantitative estimate of drug-likeness (QED) is 0.303. The number of aromatic nitrogens is 2. The first-order valence-corrected chi connectivity index (χ1v) is 9.49. The second kappa shape index (κ2) is 12.5. The van der Waals surface area contributed by atoms with Gasteiger partial charge in [-0.15, -0.1) is 24.0 Å². The van der Waals surface area contributed by atoms with E-state index in [4.69, 9.17) is 14.5 Å². The van der Waals surface area contributed by atoms with E-state index in [0.29, 0.717) is 24.9 Å². The van der Waals surface area contributed by atoms with E-state index in [2.05, 4.69) is 20.6 Å². The Bertz CT molecular complexity index is 778. The van der Waals surface area contributed by atoms with E-state index < -0.39 is 0 Å². The van der Waals surface area contributed by atoms with Gasteiger partial charge in [0.25, 0.3) is 0 Å². The molecule has 8 nitrogen and oxygen atoms in total. The fourth-order valence-corrected chi connectivity index (χ4v) is 2.82. The van der Waals surface area contributed by atoms with Crippen LogP contribution >= 0.6 is 24.0 Å². The number of hydrogen-bond donors (Lipinski definition) is 2. The van der Waals surface area contributed by atoms with Gasteiger partial charge in [0.2, 0.25) is 0 Å². The number of aryl methyl sites for hydroxylation is 1. The largest absolute Gasteiger partial charge is 0.493 e. The highest BCUT2D eigenvalue weighted by atomic mass is 127. The fraction of sp³-hybridized carbons (Fsp3) is 0.500. The minimum atomic E-state index is 0. The SMILES string of the molecule is CCNC(=NCC(c1cnn(C)c1)N(C)C)Nc1ccc(OCC)c(OC)c1.I. The van der Waals surface area contributed by atoms with Crippen LogP contribution in [0.25, 0.3) is 0 Å². The van der Waals surface area contributed by atoms with Crippen molar-refractivity contribution in [2.24, 2.45) is 12.0 Å². The number of ether oxygens (including phenoxy) is 2. The molecule has 0 aliphatic heterocycles. The fourth-order valence-electron chi connectivity index (χ4n) is 2.82. The van der Waals surface area contributed by atoms with E-state index in [9.17, 15) is 0 Å². The predicted octanol–water partition coefficient (Wildman–Crippen LogP) is 3.13. The molecule has 0 spiro atoms.